The van der Waals surface area contributed by atoms with Crippen molar-refractivity contribution in [3.05, 3.63) is 72.1 Å². The summed E-state index contributed by atoms with van der Waals surface area (Å²) in [6.45, 7) is 3.13. The third-order valence-corrected chi connectivity index (χ3v) is 5.47. The number of benzene rings is 2. The second-order valence-electron chi connectivity index (χ2n) is 6.26. The maximum absolute atomic E-state index is 13.3. The fraction of sp³-hybridized carbons (Fsp3) is 0.190. The van der Waals surface area contributed by atoms with E-state index in [0.29, 0.717) is 23.9 Å². The minimum atomic E-state index is -0.165. The molecule has 0 bridgehead atoms. The van der Waals surface area contributed by atoms with Gasteiger partial charge >= 0.3 is 0 Å². The van der Waals surface area contributed by atoms with Crippen LogP contribution in [0, 0.1) is 0 Å². The molecule has 28 heavy (non-hydrogen) atoms. The number of hydrogen-bond acceptors (Lipinski definition) is 5. The summed E-state index contributed by atoms with van der Waals surface area (Å²) in [6.07, 6.45) is 1.82. The number of anilines is 1. The standard InChI is InChI=1S/C21H20N4O2S/c1-3-24-12-11-18(23-24)20(26)25(14-15-7-5-4-6-8-15)21-22-17-10-9-16(27-2)13-19(17)28-21/h4-13H,3,14H2,1-2H3. The van der Waals surface area contributed by atoms with Crippen LogP contribution in [-0.4, -0.2) is 27.8 Å². The number of rotatable bonds is 6. The Hall–Kier alpha value is -3.19. The molecule has 2 aromatic carbocycles. The Balaban J connectivity index is 1.74. The second-order valence-corrected chi connectivity index (χ2v) is 7.27. The van der Waals surface area contributed by atoms with Crippen molar-refractivity contribution >= 4 is 32.6 Å². The summed E-state index contributed by atoms with van der Waals surface area (Å²) < 4.78 is 8.02. The van der Waals surface area contributed by atoms with E-state index in [0.717, 1.165) is 21.5 Å². The Morgan fingerprint density at radius 3 is 2.71 bits per heavy atom. The number of methoxy groups -OCH3 is 1. The van der Waals surface area contributed by atoms with Gasteiger partial charge in [-0.1, -0.05) is 41.7 Å². The summed E-state index contributed by atoms with van der Waals surface area (Å²) in [7, 11) is 1.64. The van der Waals surface area contributed by atoms with Crippen LogP contribution in [0.1, 0.15) is 23.0 Å². The fourth-order valence-electron chi connectivity index (χ4n) is 2.92. The molecular weight excluding hydrogens is 372 g/mol. The first-order valence-electron chi connectivity index (χ1n) is 9.01. The number of carbonyl (C=O) groups excluding carboxylic acids is 1. The molecule has 0 spiro atoms. The Bertz CT molecular complexity index is 1100. The first kappa shape index (κ1) is 18.2. The Morgan fingerprint density at radius 1 is 1.18 bits per heavy atom. The van der Waals surface area contributed by atoms with Gasteiger partial charge in [-0.05, 0) is 36.8 Å². The third-order valence-electron chi connectivity index (χ3n) is 4.43. The van der Waals surface area contributed by atoms with Gasteiger partial charge in [0.2, 0.25) is 0 Å². The fourth-order valence-corrected chi connectivity index (χ4v) is 3.91. The van der Waals surface area contributed by atoms with Crippen molar-refractivity contribution in [2.75, 3.05) is 12.0 Å². The van der Waals surface area contributed by atoms with Crippen molar-refractivity contribution in [3.8, 4) is 5.75 Å². The highest BCUT2D eigenvalue weighted by Gasteiger charge is 2.23. The predicted molar refractivity (Wildman–Crippen MR) is 111 cm³/mol. The SMILES string of the molecule is CCn1ccc(C(=O)N(Cc2ccccc2)c2nc3ccc(OC)cc3s2)n1. The lowest BCUT2D eigenvalue weighted by atomic mass is 10.2. The normalized spacial score (nSPS) is 10.9. The molecule has 6 nitrogen and oxygen atoms in total. The second kappa shape index (κ2) is 7.82. The van der Waals surface area contributed by atoms with Gasteiger partial charge in [0.25, 0.3) is 5.91 Å². The molecule has 0 aliphatic heterocycles. The van der Waals surface area contributed by atoms with Crippen molar-refractivity contribution in [2.24, 2.45) is 0 Å². The van der Waals surface area contributed by atoms with Crippen molar-refractivity contribution in [1.29, 1.82) is 0 Å². The molecule has 1 amide bonds. The molecule has 0 saturated heterocycles. The van der Waals surface area contributed by atoms with E-state index >= 15 is 0 Å². The number of aromatic nitrogens is 3. The zero-order valence-corrected chi connectivity index (χ0v) is 16.5. The van der Waals surface area contributed by atoms with E-state index in [1.54, 1.807) is 22.8 Å². The molecule has 0 aliphatic carbocycles. The van der Waals surface area contributed by atoms with Gasteiger partial charge in [-0.25, -0.2) is 4.98 Å². The number of ether oxygens (including phenoxy) is 1. The molecule has 0 N–H and O–H groups in total. The van der Waals surface area contributed by atoms with Gasteiger partial charge in [0.15, 0.2) is 10.8 Å². The van der Waals surface area contributed by atoms with Crippen molar-refractivity contribution in [3.63, 3.8) is 0 Å². The van der Waals surface area contributed by atoms with E-state index in [9.17, 15) is 4.79 Å². The van der Waals surface area contributed by atoms with E-state index < -0.39 is 0 Å². The first-order chi connectivity index (χ1) is 13.7. The minimum Gasteiger partial charge on any atom is -0.497 e. The smallest absolute Gasteiger partial charge is 0.280 e. The lowest BCUT2D eigenvalue weighted by Gasteiger charge is -2.19. The van der Waals surface area contributed by atoms with Gasteiger partial charge in [0, 0.05) is 12.7 Å². The largest absolute Gasteiger partial charge is 0.497 e. The van der Waals surface area contributed by atoms with Gasteiger partial charge in [-0.15, -0.1) is 0 Å². The predicted octanol–water partition coefficient (Wildman–Crippen LogP) is 4.37. The summed E-state index contributed by atoms with van der Waals surface area (Å²) >= 11 is 1.47. The minimum absolute atomic E-state index is 0.165. The van der Waals surface area contributed by atoms with Crippen LogP contribution in [0.15, 0.2) is 60.8 Å². The van der Waals surface area contributed by atoms with Gasteiger partial charge in [0.05, 0.1) is 23.9 Å². The average molecular weight is 392 g/mol. The quantitative estimate of drug-likeness (QED) is 0.489. The lowest BCUT2D eigenvalue weighted by Crippen LogP contribution is -2.30. The molecule has 0 radical (unpaired) electrons. The van der Waals surface area contributed by atoms with Crippen LogP contribution in [0.2, 0.25) is 0 Å². The van der Waals surface area contributed by atoms with Crippen molar-refractivity contribution in [1.82, 2.24) is 14.8 Å². The number of nitrogens with zero attached hydrogens (tertiary/aromatic N) is 4. The zero-order chi connectivity index (χ0) is 19.5. The summed E-state index contributed by atoms with van der Waals surface area (Å²) in [4.78, 5) is 19.7. The highest BCUT2D eigenvalue weighted by atomic mass is 32.1. The van der Waals surface area contributed by atoms with Crippen LogP contribution in [0.5, 0.6) is 5.75 Å². The molecule has 0 saturated carbocycles. The molecule has 0 aliphatic rings. The molecule has 142 valence electrons. The zero-order valence-electron chi connectivity index (χ0n) is 15.7. The number of amides is 1. The van der Waals surface area contributed by atoms with Crippen LogP contribution in [0.3, 0.4) is 0 Å². The molecule has 2 aromatic heterocycles. The van der Waals surface area contributed by atoms with Crippen molar-refractivity contribution in [2.45, 2.75) is 20.0 Å². The van der Waals surface area contributed by atoms with Crippen LogP contribution in [0.4, 0.5) is 5.13 Å². The molecule has 4 aromatic rings. The molecule has 0 atom stereocenters. The Labute approximate surface area is 167 Å². The van der Waals surface area contributed by atoms with Crippen molar-refractivity contribution < 1.29 is 9.53 Å². The molecule has 0 unspecified atom stereocenters. The molecule has 4 rings (SSSR count). The third kappa shape index (κ3) is 3.61. The molecule has 0 fully saturated rings. The summed E-state index contributed by atoms with van der Waals surface area (Å²) in [6, 6.07) is 17.4. The highest BCUT2D eigenvalue weighted by molar-refractivity contribution is 7.22. The van der Waals surface area contributed by atoms with E-state index in [4.69, 9.17) is 9.72 Å². The van der Waals surface area contributed by atoms with Gasteiger partial charge in [-0.3, -0.25) is 14.4 Å². The molecular formula is C21H20N4O2S. The monoisotopic (exact) mass is 392 g/mol. The number of hydrogen-bond donors (Lipinski definition) is 0. The number of aryl methyl sites for hydroxylation is 1. The maximum Gasteiger partial charge on any atom is 0.280 e. The average Bonchev–Trinajstić information content (AvgIpc) is 3.38. The number of thiazole rings is 1. The van der Waals surface area contributed by atoms with Gasteiger partial charge in [0.1, 0.15) is 5.75 Å². The van der Waals surface area contributed by atoms with E-state index in [1.165, 1.54) is 11.3 Å². The van der Waals surface area contributed by atoms with Crippen LogP contribution < -0.4 is 9.64 Å². The maximum atomic E-state index is 13.3. The first-order valence-corrected chi connectivity index (χ1v) is 9.83. The van der Waals surface area contributed by atoms with E-state index in [2.05, 4.69) is 5.10 Å². The van der Waals surface area contributed by atoms with Crippen LogP contribution in [-0.2, 0) is 13.1 Å². The van der Waals surface area contributed by atoms with E-state index in [1.807, 2.05) is 61.7 Å². The number of carbonyl (C=O) groups is 1. The van der Waals surface area contributed by atoms with Gasteiger partial charge < -0.3 is 4.74 Å². The van der Waals surface area contributed by atoms with Gasteiger partial charge in [-0.2, -0.15) is 5.10 Å². The number of fused-ring (bicyclic) bond motifs is 1. The molecule has 7 heteroatoms. The summed E-state index contributed by atoms with van der Waals surface area (Å²) in [5.74, 6) is 0.604. The summed E-state index contributed by atoms with van der Waals surface area (Å²) in [5.41, 5.74) is 2.28. The Kier molecular flexibility index (Phi) is 5.08. The van der Waals surface area contributed by atoms with E-state index in [-0.39, 0.29) is 5.91 Å². The topological polar surface area (TPSA) is 60.2 Å². The summed E-state index contributed by atoms with van der Waals surface area (Å²) in [5, 5.41) is 5.02. The highest BCUT2D eigenvalue weighted by Crippen LogP contribution is 2.32. The molecule has 2 heterocycles. The van der Waals surface area contributed by atoms with Crippen LogP contribution >= 0.6 is 11.3 Å². The van der Waals surface area contributed by atoms with Crippen LogP contribution in [0.25, 0.3) is 10.2 Å². The Morgan fingerprint density at radius 2 is 2.00 bits per heavy atom. The lowest BCUT2D eigenvalue weighted by molar-refractivity contribution is 0.0979.